The van der Waals surface area contributed by atoms with E-state index in [1.54, 1.807) is 0 Å². The standard InChI is InChI=1S/C30H50O/c1-7-9-23-26-13-12-22-25-15-14-24(21(4)11-8-10-20(2)3)29(25,5)18-16-27(22)30(26,6)19-17-28(23)31/h10,21,23-26,28,31H,7-9,11-19H2,1-6H3/t21-,23?,24-,25+,26?,28+,29-,30+/m1/s1. The van der Waals surface area contributed by atoms with Crippen molar-refractivity contribution < 1.29 is 5.11 Å². The van der Waals surface area contributed by atoms with Crippen molar-refractivity contribution in [2.45, 2.75) is 125 Å². The molecule has 2 saturated carbocycles. The van der Waals surface area contributed by atoms with Crippen LogP contribution in [0.25, 0.3) is 0 Å². The summed E-state index contributed by atoms with van der Waals surface area (Å²) in [6.07, 6.45) is 18.0. The summed E-state index contributed by atoms with van der Waals surface area (Å²) in [7, 11) is 0. The maximum atomic E-state index is 10.8. The molecule has 0 saturated heterocycles. The molecule has 0 aromatic heterocycles. The molecule has 0 spiro atoms. The van der Waals surface area contributed by atoms with E-state index in [0.29, 0.717) is 16.7 Å². The Kier molecular flexibility index (Phi) is 6.85. The van der Waals surface area contributed by atoms with Gasteiger partial charge < -0.3 is 5.11 Å². The van der Waals surface area contributed by atoms with Gasteiger partial charge in [-0.25, -0.2) is 0 Å². The Morgan fingerprint density at radius 2 is 1.87 bits per heavy atom. The summed E-state index contributed by atoms with van der Waals surface area (Å²) in [6, 6.07) is 0. The highest BCUT2D eigenvalue weighted by Gasteiger charge is 2.57. The van der Waals surface area contributed by atoms with Crippen molar-refractivity contribution in [3.05, 3.63) is 22.8 Å². The lowest BCUT2D eigenvalue weighted by Gasteiger charge is -2.57. The largest absolute Gasteiger partial charge is 0.393 e. The Morgan fingerprint density at radius 1 is 1.10 bits per heavy atom. The summed E-state index contributed by atoms with van der Waals surface area (Å²) in [5, 5.41) is 10.8. The molecule has 1 heteroatoms. The molecule has 0 aliphatic heterocycles. The van der Waals surface area contributed by atoms with Crippen LogP contribution >= 0.6 is 0 Å². The van der Waals surface area contributed by atoms with Crippen LogP contribution in [0.5, 0.6) is 0 Å². The molecule has 0 aromatic rings. The van der Waals surface area contributed by atoms with Gasteiger partial charge in [0.1, 0.15) is 0 Å². The van der Waals surface area contributed by atoms with Crippen molar-refractivity contribution in [3.63, 3.8) is 0 Å². The summed E-state index contributed by atoms with van der Waals surface area (Å²) in [4.78, 5) is 0. The van der Waals surface area contributed by atoms with E-state index in [-0.39, 0.29) is 6.10 Å². The van der Waals surface area contributed by atoms with Gasteiger partial charge in [-0.15, -0.1) is 0 Å². The lowest BCUT2D eigenvalue weighted by atomic mass is 9.48. The van der Waals surface area contributed by atoms with E-state index in [1.807, 2.05) is 11.1 Å². The molecule has 4 aliphatic rings. The Balaban J connectivity index is 1.57. The predicted molar refractivity (Wildman–Crippen MR) is 133 cm³/mol. The lowest BCUT2D eigenvalue weighted by molar-refractivity contribution is -0.0451. The van der Waals surface area contributed by atoms with Crippen LogP contribution in [0.3, 0.4) is 0 Å². The summed E-state index contributed by atoms with van der Waals surface area (Å²) in [5.41, 5.74) is 6.18. The zero-order valence-electron chi connectivity index (χ0n) is 21.5. The van der Waals surface area contributed by atoms with Crippen molar-refractivity contribution in [3.8, 4) is 0 Å². The first-order chi connectivity index (χ1) is 14.7. The third-order valence-corrected chi connectivity index (χ3v) is 10.8. The van der Waals surface area contributed by atoms with E-state index >= 15 is 0 Å². The average Bonchev–Trinajstić information content (AvgIpc) is 3.07. The van der Waals surface area contributed by atoms with E-state index < -0.39 is 0 Å². The first kappa shape index (κ1) is 23.6. The molecule has 1 nitrogen and oxygen atoms in total. The van der Waals surface area contributed by atoms with E-state index in [1.165, 1.54) is 76.2 Å². The quantitative estimate of drug-likeness (QED) is 0.422. The second-order valence-electron chi connectivity index (χ2n) is 12.7. The molecular weight excluding hydrogens is 376 g/mol. The van der Waals surface area contributed by atoms with E-state index in [0.717, 1.165) is 30.1 Å². The van der Waals surface area contributed by atoms with Gasteiger partial charge in [-0.05, 0) is 125 Å². The number of allylic oxidation sites excluding steroid dienone is 4. The van der Waals surface area contributed by atoms with Crippen LogP contribution in [0.4, 0.5) is 0 Å². The Morgan fingerprint density at radius 3 is 2.58 bits per heavy atom. The molecule has 2 unspecified atom stereocenters. The monoisotopic (exact) mass is 426 g/mol. The number of aliphatic hydroxyl groups excluding tert-OH is 1. The van der Waals surface area contributed by atoms with Gasteiger partial charge >= 0.3 is 0 Å². The topological polar surface area (TPSA) is 20.2 Å². The number of rotatable bonds is 6. The molecule has 0 aromatic carbocycles. The second kappa shape index (κ2) is 9.00. The SMILES string of the molecule is CCCC1C2CCC3=C(CC[C@]4(C)[C@@H]([C@H](C)CCC=C(C)C)CC[C@@H]34)[C@@]2(C)CC[C@@H]1O. The molecule has 0 amide bonds. The van der Waals surface area contributed by atoms with Gasteiger partial charge in [-0.3, -0.25) is 0 Å². The minimum absolute atomic E-state index is 0.0495. The molecule has 0 heterocycles. The third-order valence-electron chi connectivity index (χ3n) is 10.8. The van der Waals surface area contributed by atoms with Gasteiger partial charge in [0.25, 0.3) is 0 Å². The summed E-state index contributed by atoms with van der Waals surface area (Å²) in [5.74, 6) is 3.86. The summed E-state index contributed by atoms with van der Waals surface area (Å²) in [6.45, 7) is 14.6. The van der Waals surface area contributed by atoms with E-state index in [2.05, 4.69) is 47.6 Å². The van der Waals surface area contributed by atoms with Crippen LogP contribution in [-0.2, 0) is 0 Å². The molecule has 2 fully saturated rings. The minimum atomic E-state index is -0.0495. The first-order valence-corrected chi connectivity index (χ1v) is 13.8. The highest BCUT2D eigenvalue weighted by atomic mass is 16.3. The molecule has 4 aliphatic carbocycles. The van der Waals surface area contributed by atoms with E-state index in [4.69, 9.17) is 0 Å². The van der Waals surface area contributed by atoms with Crippen molar-refractivity contribution in [2.24, 2.45) is 40.4 Å². The zero-order valence-corrected chi connectivity index (χ0v) is 21.5. The zero-order chi connectivity index (χ0) is 22.4. The summed E-state index contributed by atoms with van der Waals surface area (Å²) >= 11 is 0. The van der Waals surface area contributed by atoms with Gasteiger partial charge in [-0.2, -0.15) is 0 Å². The van der Waals surface area contributed by atoms with Crippen molar-refractivity contribution >= 4 is 0 Å². The van der Waals surface area contributed by atoms with E-state index in [9.17, 15) is 5.11 Å². The fourth-order valence-corrected chi connectivity index (χ4v) is 9.24. The van der Waals surface area contributed by atoms with Crippen LogP contribution in [0, 0.1) is 40.4 Å². The molecule has 31 heavy (non-hydrogen) atoms. The van der Waals surface area contributed by atoms with Gasteiger partial charge in [0.2, 0.25) is 0 Å². The molecule has 1 N–H and O–H groups in total. The highest BCUT2D eigenvalue weighted by Crippen LogP contribution is 2.66. The number of aliphatic hydroxyl groups is 1. The lowest BCUT2D eigenvalue weighted by Crippen LogP contribution is -2.49. The van der Waals surface area contributed by atoms with Gasteiger partial charge in [0.05, 0.1) is 6.10 Å². The molecule has 0 radical (unpaired) electrons. The second-order valence-corrected chi connectivity index (χ2v) is 12.7. The smallest absolute Gasteiger partial charge is 0.0571 e. The van der Waals surface area contributed by atoms with Gasteiger partial charge in [0, 0.05) is 0 Å². The highest BCUT2D eigenvalue weighted by molar-refractivity contribution is 5.35. The maximum absolute atomic E-state index is 10.8. The predicted octanol–water partition coefficient (Wildman–Crippen LogP) is 8.48. The number of hydrogen-bond donors (Lipinski definition) is 1. The van der Waals surface area contributed by atoms with Crippen LogP contribution in [0.15, 0.2) is 22.8 Å². The average molecular weight is 427 g/mol. The fourth-order valence-electron chi connectivity index (χ4n) is 9.24. The minimum Gasteiger partial charge on any atom is -0.393 e. The van der Waals surface area contributed by atoms with Crippen molar-refractivity contribution in [2.75, 3.05) is 0 Å². The first-order valence-electron chi connectivity index (χ1n) is 13.8. The van der Waals surface area contributed by atoms with Crippen LogP contribution in [0.1, 0.15) is 119 Å². The van der Waals surface area contributed by atoms with Crippen LogP contribution in [-0.4, -0.2) is 11.2 Å². The number of hydrogen-bond acceptors (Lipinski definition) is 1. The molecule has 176 valence electrons. The summed E-state index contributed by atoms with van der Waals surface area (Å²) < 4.78 is 0. The maximum Gasteiger partial charge on any atom is 0.0571 e. The molecular formula is C30H50O. The molecule has 0 bridgehead atoms. The van der Waals surface area contributed by atoms with Crippen molar-refractivity contribution in [1.29, 1.82) is 0 Å². The number of fused-ring (bicyclic) bond motifs is 4. The van der Waals surface area contributed by atoms with Crippen molar-refractivity contribution in [1.82, 2.24) is 0 Å². The normalized spacial score (nSPS) is 43.1. The Bertz CT molecular complexity index is 712. The fraction of sp³-hybridized carbons (Fsp3) is 0.867. The Labute approximate surface area is 193 Å². The molecule has 4 rings (SSSR count). The van der Waals surface area contributed by atoms with Gasteiger partial charge in [0.15, 0.2) is 0 Å². The van der Waals surface area contributed by atoms with Crippen LogP contribution in [0.2, 0.25) is 0 Å². The Hall–Kier alpha value is -0.560. The third kappa shape index (κ3) is 4.00. The van der Waals surface area contributed by atoms with Gasteiger partial charge in [-0.1, -0.05) is 56.9 Å². The van der Waals surface area contributed by atoms with Crippen LogP contribution < -0.4 is 0 Å². The molecule has 8 atom stereocenters.